The summed E-state index contributed by atoms with van der Waals surface area (Å²) in [6.07, 6.45) is -0.386. The zero-order chi connectivity index (χ0) is 38.7. The van der Waals surface area contributed by atoms with Crippen LogP contribution in [0.3, 0.4) is 0 Å². The van der Waals surface area contributed by atoms with Crippen molar-refractivity contribution in [2.45, 2.75) is 102 Å². The summed E-state index contributed by atoms with van der Waals surface area (Å²) < 4.78 is 29.6. The van der Waals surface area contributed by atoms with Crippen LogP contribution in [0.25, 0.3) is 0 Å². The van der Waals surface area contributed by atoms with Crippen molar-refractivity contribution in [3.8, 4) is 0 Å². The van der Waals surface area contributed by atoms with Crippen molar-refractivity contribution in [2.75, 3.05) is 13.2 Å². The summed E-state index contributed by atoms with van der Waals surface area (Å²) in [6.45, 7) is 24.0. The average molecular weight is 891 g/mol. The van der Waals surface area contributed by atoms with Crippen LogP contribution in [0.15, 0.2) is 119 Å². The molecule has 4 aromatic carbocycles. The second-order valence-corrected chi connectivity index (χ2v) is 33.0. The minimum absolute atomic E-state index is 0.117. The van der Waals surface area contributed by atoms with Crippen LogP contribution in [-0.4, -0.2) is 80.0 Å². The summed E-state index contributed by atoms with van der Waals surface area (Å²) in [5.41, 5.74) is 4.41. The summed E-state index contributed by atoms with van der Waals surface area (Å²) in [4.78, 5) is 10.5. The predicted octanol–water partition coefficient (Wildman–Crippen LogP) is 8.78. The van der Waals surface area contributed by atoms with Gasteiger partial charge in [0.15, 0.2) is 0 Å². The number of ether oxygens (including phenoxy) is 2. The molecule has 2 heterocycles. The molecular formula is C44H56N2O4Se2Si2. The van der Waals surface area contributed by atoms with Crippen LogP contribution < -0.4 is 8.92 Å². The third kappa shape index (κ3) is 9.42. The molecule has 54 heavy (non-hydrogen) atoms. The molecule has 286 valence electrons. The average Bonchev–Trinajstić information content (AvgIpc) is 3.77. The van der Waals surface area contributed by atoms with Gasteiger partial charge in [-0.2, -0.15) is 0 Å². The van der Waals surface area contributed by atoms with Crippen LogP contribution in [0.2, 0.25) is 36.3 Å². The Morgan fingerprint density at radius 3 is 1.20 bits per heavy atom. The molecule has 0 saturated heterocycles. The molecule has 0 radical (unpaired) electrons. The molecule has 10 heteroatoms. The fourth-order valence-electron chi connectivity index (χ4n) is 5.82. The van der Waals surface area contributed by atoms with Gasteiger partial charge >= 0.3 is 339 Å². The molecular weight excluding hydrogens is 835 g/mol. The van der Waals surface area contributed by atoms with Crippen LogP contribution in [0.1, 0.15) is 76.0 Å². The minimum atomic E-state index is -1.98. The van der Waals surface area contributed by atoms with Crippen molar-refractivity contribution in [3.63, 3.8) is 0 Å². The molecule has 0 aromatic heterocycles. The van der Waals surface area contributed by atoms with E-state index in [4.69, 9.17) is 28.3 Å². The van der Waals surface area contributed by atoms with E-state index in [2.05, 4.69) is 165 Å². The SMILES string of the molecule is CC(C)(C)[Si](C)(C)OC[C@@H]1N=C(c2ccccc2[Se][Se]c2ccccc2C2=N[C@@H](CO[Si](C)(C)C(C)(C)C)[C@H](c3ccccc3)O2)O[C@H]1c1ccccc1. The molecule has 0 unspecified atom stereocenters. The van der Waals surface area contributed by atoms with Crippen LogP contribution >= 0.6 is 0 Å². The van der Waals surface area contributed by atoms with E-state index < -0.39 is 16.6 Å². The first-order chi connectivity index (χ1) is 25.5. The van der Waals surface area contributed by atoms with Gasteiger partial charge in [-0.1, -0.05) is 0 Å². The molecule has 6 rings (SSSR count). The van der Waals surface area contributed by atoms with Crippen molar-refractivity contribution in [1.82, 2.24) is 0 Å². The van der Waals surface area contributed by atoms with Crippen LogP contribution in [0.4, 0.5) is 0 Å². The van der Waals surface area contributed by atoms with Crippen molar-refractivity contribution >= 4 is 63.6 Å². The predicted molar refractivity (Wildman–Crippen MR) is 231 cm³/mol. The summed E-state index contributed by atoms with van der Waals surface area (Å²) in [7, 11) is -3.95. The van der Waals surface area contributed by atoms with Crippen molar-refractivity contribution < 1.29 is 18.3 Å². The monoisotopic (exact) mass is 892 g/mol. The van der Waals surface area contributed by atoms with Crippen molar-refractivity contribution in [1.29, 1.82) is 0 Å². The topological polar surface area (TPSA) is 61.6 Å². The van der Waals surface area contributed by atoms with Gasteiger partial charge in [-0.25, -0.2) is 0 Å². The Morgan fingerprint density at radius 1 is 0.519 bits per heavy atom. The van der Waals surface area contributed by atoms with Crippen LogP contribution in [-0.2, 0) is 18.3 Å². The maximum atomic E-state index is 6.78. The van der Waals surface area contributed by atoms with E-state index in [0.29, 0.717) is 25.0 Å². The van der Waals surface area contributed by atoms with Crippen molar-refractivity contribution in [3.05, 3.63) is 131 Å². The standard InChI is InChI=1S/C44H56N2O4Se2Si2/c1-43(2,3)53(7,8)47-29-35-39(31-21-13-11-14-22-31)49-41(45-35)33-25-17-19-27-37(33)51-52-38-28-20-18-26-34(38)42-46-36(30-48-54(9,10)44(4,5)6)40(50-42)32-23-15-12-16-24-32/h11-28,35-36,39-40H,29-30H2,1-10H3/t35-,36-,39-,40-/m0/s1. The second kappa shape index (κ2) is 16.7. The molecule has 4 atom stereocenters. The molecule has 0 fully saturated rings. The summed E-state index contributed by atoms with van der Waals surface area (Å²) in [5.74, 6) is 1.43. The third-order valence-electron chi connectivity index (χ3n) is 11.3. The molecule has 0 spiro atoms. The number of aliphatic imine (C=N–C) groups is 2. The van der Waals surface area contributed by atoms with E-state index in [-0.39, 0.29) is 60.6 Å². The Balaban J connectivity index is 1.24. The normalized spacial score (nSPS) is 20.6. The number of benzene rings is 4. The van der Waals surface area contributed by atoms with Gasteiger partial charge in [-0.3, -0.25) is 0 Å². The molecule has 0 bridgehead atoms. The molecule has 0 saturated carbocycles. The second-order valence-electron chi connectivity index (χ2n) is 17.2. The summed E-state index contributed by atoms with van der Waals surface area (Å²) in [6, 6.07) is 38.0. The molecule has 0 amide bonds. The Kier molecular flexibility index (Phi) is 12.7. The molecule has 0 N–H and O–H groups in total. The molecule has 2 aliphatic rings. The first kappa shape index (κ1) is 40.9. The van der Waals surface area contributed by atoms with Gasteiger partial charge in [0.1, 0.15) is 0 Å². The molecule has 2 aliphatic heterocycles. The van der Waals surface area contributed by atoms with Gasteiger partial charge < -0.3 is 0 Å². The molecule has 6 nitrogen and oxygen atoms in total. The van der Waals surface area contributed by atoms with Gasteiger partial charge in [0, 0.05) is 0 Å². The van der Waals surface area contributed by atoms with Gasteiger partial charge in [0.25, 0.3) is 0 Å². The van der Waals surface area contributed by atoms with Crippen molar-refractivity contribution in [2.24, 2.45) is 9.98 Å². The van der Waals surface area contributed by atoms with Gasteiger partial charge in [-0.05, 0) is 0 Å². The Bertz CT molecular complexity index is 1800. The van der Waals surface area contributed by atoms with Crippen LogP contribution in [0, 0.1) is 0 Å². The third-order valence-corrected chi connectivity index (χ3v) is 27.5. The number of hydrogen-bond donors (Lipinski definition) is 0. The van der Waals surface area contributed by atoms with Gasteiger partial charge in [0.05, 0.1) is 0 Å². The summed E-state index contributed by atoms with van der Waals surface area (Å²) >= 11 is 0.290. The van der Waals surface area contributed by atoms with Gasteiger partial charge in [-0.15, -0.1) is 0 Å². The Labute approximate surface area is 336 Å². The number of hydrogen-bond acceptors (Lipinski definition) is 6. The van der Waals surface area contributed by atoms with Crippen LogP contribution in [0.5, 0.6) is 0 Å². The zero-order valence-corrected chi connectivity index (χ0v) is 38.9. The van der Waals surface area contributed by atoms with E-state index in [9.17, 15) is 0 Å². The first-order valence-corrected chi connectivity index (χ1v) is 30.8. The number of nitrogens with zero attached hydrogens (tertiary/aromatic N) is 2. The fourth-order valence-corrected chi connectivity index (χ4v) is 15.0. The van der Waals surface area contributed by atoms with E-state index in [1.54, 1.807) is 0 Å². The Hall–Kier alpha value is -2.79. The van der Waals surface area contributed by atoms with Gasteiger partial charge in [0.2, 0.25) is 0 Å². The van der Waals surface area contributed by atoms with E-state index in [1.807, 2.05) is 12.1 Å². The van der Waals surface area contributed by atoms with E-state index in [0.717, 1.165) is 22.3 Å². The molecule has 0 aliphatic carbocycles. The maximum absolute atomic E-state index is 6.78. The fraction of sp³-hybridized carbons (Fsp3) is 0.409. The summed E-state index contributed by atoms with van der Waals surface area (Å²) in [5, 5.41) is 0.234. The molecule has 4 aromatic rings. The Morgan fingerprint density at radius 2 is 0.852 bits per heavy atom. The van der Waals surface area contributed by atoms with E-state index >= 15 is 0 Å². The first-order valence-electron chi connectivity index (χ1n) is 18.9. The van der Waals surface area contributed by atoms with E-state index in [1.165, 1.54) is 8.92 Å². The quantitative estimate of drug-likeness (QED) is 0.126. The number of rotatable bonds is 13. The zero-order valence-electron chi connectivity index (χ0n) is 33.5.